The Morgan fingerprint density at radius 3 is 2.62 bits per heavy atom. The molecule has 0 aromatic heterocycles. The average molecular weight is 419 g/mol. The largest absolute Gasteiger partial charge is 0.459 e. The maximum Gasteiger partial charge on any atom is 0.340 e. The van der Waals surface area contributed by atoms with Crippen LogP contribution in [0.3, 0.4) is 0 Å². The lowest BCUT2D eigenvalue weighted by atomic mass is 9.71. The third-order valence-electron chi connectivity index (χ3n) is 3.93. The molecule has 21 heavy (non-hydrogen) atoms. The maximum absolute atomic E-state index is 12.4. The average Bonchev–Trinajstić information content (AvgIpc) is 2.30. The lowest BCUT2D eigenvalue weighted by molar-refractivity contribution is -0.00705. The number of hydrogen-bond acceptors (Lipinski definition) is 3. The zero-order valence-corrected chi connectivity index (χ0v) is 15.8. The van der Waals surface area contributed by atoms with Crippen molar-refractivity contribution in [2.24, 2.45) is 11.3 Å². The van der Waals surface area contributed by atoms with E-state index in [1.807, 2.05) is 6.07 Å². The fourth-order valence-electron chi connectivity index (χ4n) is 3.32. The van der Waals surface area contributed by atoms with Crippen LogP contribution in [0.2, 0.25) is 0 Å². The number of hydrogen-bond donors (Lipinski definition) is 1. The SMILES string of the molecule is CC1CC(OC(=O)c2cc(Br)cc(Br)c2N)CC(C)(C)C1. The third kappa shape index (κ3) is 4.22. The molecular formula is C16H21Br2NO2. The van der Waals surface area contributed by atoms with E-state index in [0.29, 0.717) is 21.6 Å². The molecular weight excluding hydrogens is 398 g/mol. The predicted octanol–water partition coefficient (Wildman–Crippen LogP) is 5.17. The van der Waals surface area contributed by atoms with Crippen LogP contribution in [-0.4, -0.2) is 12.1 Å². The van der Waals surface area contributed by atoms with Crippen LogP contribution in [0, 0.1) is 11.3 Å². The monoisotopic (exact) mass is 417 g/mol. The molecule has 3 nitrogen and oxygen atoms in total. The molecule has 1 aliphatic rings. The van der Waals surface area contributed by atoms with Crippen molar-refractivity contribution in [2.75, 3.05) is 5.73 Å². The second-order valence-corrected chi connectivity index (χ2v) is 8.56. The van der Waals surface area contributed by atoms with Crippen LogP contribution in [0.25, 0.3) is 0 Å². The standard InChI is InChI=1S/C16H21Br2NO2/c1-9-4-11(8-16(2,3)7-9)21-15(20)12-5-10(17)6-13(18)14(12)19/h5-6,9,11H,4,7-8,19H2,1-3H3. The van der Waals surface area contributed by atoms with E-state index < -0.39 is 0 Å². The Morgan fingerprint density at radius 1 is 1.33 bits per heavy atom. The van der Waals surface area contributed by atoms with Crippen LogP contribution in [0.5, 0.6) is 0 Å². The lowest BCUT2D eigenvalue weighted by Crippen LogP contribution is -2.34. The molecule has 5 heteroatoms. The van der Waals surface area contributed by atoms with Gasteiger partial charge in [0.1, 0.15) is 6.10 Å². The van der Waals surface area contributed by atoms with Gasteiger partial charge in [0, 0.05) is 8.95 Å². The van der Waals surface area contributed by atoms with Crippen molar-refractivity contribution in [2.45, 2.75) is 46.1 Å². The van der Waals surface area contributed by atoms with Crippen molar-refractivity contribution in [3.8, 4) is 0 Å². The fraction of sp³-hybridized carbons (Fsp3) is 0.562. The smallest absolute Gasteiger partial charge is 0.340 e. The van der Waals surface area contributed by atoms with Gasteiger partial charge in [0.05, 0.1) is 11.3 Å². The van der Waals surface area contributed by atoms with E-state index in [1.165, 1.54) is 6.42 Å². The molecule has 0 aliphatic heterocycles. The van der Waals surface area contributed by atoms with Gasteiger partial charge in [0.15, 0.2) is 0 Å². The van der Waals surface area contributed by atoms with E-state index in [0.717, 1.165) is 17.3 Å². The van der Waals surface area contributed by atoms with Crippen molar-refractivity contribution in [3.63, 3.8) is 0 Å². The first kappa shape index (κ1) is 16.8. The summed E-state index contributed by atoms with van der Waals surface area (Å²) in [6, 6.07) is 3.53. The highest BCUT2D eigenvalue weighted by molar-refractivity contribution is 9.11. The van der Waals surface area contributed by atoms with Crippen molar-refractivity contribution >= 4 is 43.5 Å². The van der Waals surface area contributed by atoms with Gasteiger partial charge in [-0.15, -0.1) is 0 Å². The number of carbonyl (C=O) groups excluding carboxylic acids is 1. The molecule has 2 N–H and O–H groups in total. The fourth-order valence-corrected chi connectivity index (χ4v) is 4.54. The molecule has 0 spiro atoms. The highest BCUT2D eigenvalue weighted by atomic mass is 79.9. The van der Waals surface area contributed by atoms with Gasteiger partial charge in [-0.1, -0.05) is 36.7 Å². The molecule has 1 aliphatic carbocycles. The Balaban J connectivity index is 2.15. The van der Waals surface area contributed by atoms with E-state index in [9.17, 15) is 4.79 Å². The van der Waals surface area contributed by atoms with Gasteiger partial charge in [0.25, 0.3) is 0 Å². The minimum absolute atomic E-state index is 0.0339. The molecule has 0 heterocycles. The second-order valence-electron chi connectivity index (χ2n) is 6.79. The highest BCUT2D eigenvalue weighted by Crippen LogP contribution is 2.40. The number of nitrogens with two attached hydrogens (primary N) is 1. The zero-order chi connectivity index (χ0) is 15.8. The first-order chi connectivity index (χ1) is 9.68. The van der Waals surface area contributed by atoms with Gasteiger partial charge in [-0.05, 0) is 58.7 Å². The van der Waals surface area contributed by atoms with Gasteiger partial charge in [0.2, 0.25) is 0 Å². The summed E-state index contributed by atoms with van der Waals surface area (Å²) in [5.74, 6) is 0.225. The van der Waals surface area contributed by atoms with Gasteiger partial charge in [-0.25, -0.2) is 4.79 Å². The van der Waals surface area contributed by atoms with E-state index >= 15 is 0 Å². The topological polar surface area (TPSA) is 52.3 Å². The summed E-state index contributed by atoms with van der Waals surface area (Å²) in [5.41, 5.74) is 7.02. The Hall–Kier alpha value is -0.550. The molecule has 116 valence electrons. The van der Waals surface area contributed by atoms with Crippen molar-refractivity contribution < 1.29 is 9.53 Å². The number of rotatable bonds is 2. The molecule has 1 saturated carbocycles. The number of anilines is 1. The summed E-state index contributed by atoms with van der Waals surface area (Å²) in [5, 5.41) is 0. The molecule has 2 atom stereocenters. The normalized spacial score (nSPS) is 24.6. The van der Waals surface area contributed by atoms with Crippen LogP contribution >= 0.6 is 31.9 Å². The zero-order valence-electron chi connectivity index (χ0n) is 12.6. The Kier molecular flexibility index (Phi) is 5.03. The Labute approximate surface area is 142 Å². The Bertz CT molecular complexity index is 557. The molecule has 1 aromatic rings. The first-order valence-electron chi connectivity index (χ1n) is 7.13. The number of ether oxygens (including phenoxy) is 1. The van der Waals surface area contributed by atoms with E-state index in [2.05, 4.69) is 52.6 Å². The van der Waals surface area contributed by atoms with Gasteiger partial charge in [-0.2, -0.15) is 0 Å². The molecule has 0 amide bonds. The van der Waals surface area contributed by atoms with Crippen molar-refractivity contribution in [3.05, 3.63) is 26.6 Å². The summed E-state index contributed by atoms with van der Waals surface area (Å²) < 4.78 is 7.21. The van der Waals surface area contributed by atoms with E-state index in [-0.39, 0.29) is 17.5 Å². The third-order valence-corrected chi connectivity index (χ3v) is 5.05. The number of nitrogen functional groups attached to an aromatic ring is 1. The summed E-state index contributed by atoms with van der Waals surface area (Å²) in [7, 11) is 0. The Morgan fingerprint density at radius 2 is 2.00 bits per heavy atom. The summed E-state index contributed by atoms with van der Waals surface area (Å²) >= 11 is 6.73. The predicted molar refractivity (Wildman–Crippen MR) is 92.3 cm³/mol. The van der Waals surface area contributed by atoms with Crippen LogP contribution in [0.4, 0.5) is 5.69 Å². The van der Waals surface area contributed by atoms with Crippen LogP contribution in [0.1, 0.15) is 50.4 Å². The lowest BCUT2D eigenvalue weighted by Gasteiger charge is -2.38. The molecule has 0 radical (unpaired) electrons. The molecule has 1 fully saturated rings. The number of halogens is 2. The van der Waals surface area contributed by atoms with Gasteiger partial charge < -0.3 is 10.5 Å². The molecule has 0 saturated heterocycles. The van der Waals surface area contributed by atoms with E-state index in [1.54, 1.807) is 6.07 Å². The molecule has 2 unspecified atom stereocenters. The maximum atomic E-state index is 12.4. The number of esters is 1. The molecule has 1 aromatic carbocycles. The number of carbonyl (C=O) groups is 1. The summed E-state index contributed by atoms with van der Waals surface area (Å²) in [6.45, 7) is 6.67. The first-order valence-corrected chi connectivity index (χ1v) is 8.72. The highest BCUT2D eigenvalue weighted by Gasteiger charge is 2.34. The van der Waals surface area contributed by atoms with Gasteiger partial charge >= 0.3 is 5.97 Å². The molecule has 2 rings (SSSR count). The van der Waals surface area contributed by atoms with Crippen LogP contribution < -0.4 is 5.73 Å². The van der Waals surface area contributed by atoms with Crippen LogP contribution in [-0.2, 0) is 4.74 Å². The van der Waals surface area contributed by atoms with Gasteiger partial charge in [-0.3, -0.25) is 0 Å². The minimum atomic E-state index is -0.343. The van der Waals surface area contributed by atoms with E-state index in [4.69, 9.17) is 10.5 Å². The number of benzene rings is 1. The summed E-state index contributed by atoms with van der Waals surface area (Å²) in [6.07, 6.45) is 2.96. The second kappa shape index (κ2) is 6.29. The summed E-state index contributed by atoms with van der Waals surface area (Å²) in [4.78, 5) is 12.4. The van der Waals surface area contributed by atoms with Crippen molar-refractivity contribution in [1.29, 1.82) is 0 Å². The minimum Gasteiger partial charge on any atom is -0.459 e. The van der Waals surface area contributed by atoms with Crippen LogP contribution in [0.15, 0.2) is 21.1 Å². The van der Waals surface area contributed by atoms with Crippen molar-refractivity contribution in [1.82, 2.24) is 0 Å². The molecule has 0 bridgehead atoms. The quantitative estimate of drug-likeness (QED) is 0.532.